The van der Waals surface area contributed by atoms with Crippen LogP contribution in [0.1, 0.15) is 39.8 Å². The van der Waals surface area contributed by atoms with Crippen LogP contribution in [0.2, 0.25) is 0 Å². The number of methoxy groups -OCH3 is 1. The fourth-order valence-electron chi connectivity index (χ4n) is 4.97. The number of fused-ring (bicyclic) bond motifs is 1. The zero-order valence-corrected chi connectivity index (χ0v) is 24.1. The molecule has 0 unspecified atom stereocenters. The van der Waals surface area contributed by atoms with E-state index in [1.807, 2.05) is 34.6 Å². The van der Waals surface area contributed by atoms with Gasteiger partial charge in [0.2, 0.25) is 5.88 Å². The zero-order valence-electron chi connectivity index (χ0n) is 22.5. The predicted octanol–water partition coefficient (Wildman–Crippen LogP) is 4.75. The van der Waals surface area contributed by atoms with Crippen molar-refractivity contribution in [3.05, 3.63) is 42.4 Å². The Morgan fingerprint density at radius 3 is 2.49 bits per heavy atom. The first-order chi connectivity index (χ1) is 17.5. The first-order valence-electron chi connectivity index (χ1n) is 12.0. The number of aromatic nitrogens is 6. The molecule has 2 N–H and O–H groups in total. The summed E-state index contributed by atoms with van der Waals surface area (Å²) < 4.78 is 28.1. The van der Waals surface area contributed by atoms with Gasteiger partial charge in [-0.05, 0) is 46.8 Å². The Balaban J connectivity index is 0.00000210. The molecule has 0 saturated carbocycles. The number of nitrogens with one attached hydrogen (secondary N) is 1. The number of halogens is 3. The van der Waals surface area contributed by atoms with Crippen molar-refractivity contribution >= 4 is 30.5 Å². The van der Waals surface area contributed by atoms with Crippen LogP contribution >= 0.6 is 24.8 Å². The Morgan fingerprint density at radius 1 is 1.10 bits per heavy atom. The van der Waals surface area contributed by atoms with Gasteiger partial charge in [0.15, 0.2) is 17.6 Å². The molecule has 210 valence electrons. The van der Waals surface area contributed by atoms with Crippen molar-refractivity contribution in [2.24, 2.45) is 0 Å². The maximum absolute atomic E-state index is 15.1. The van der Waals surface area contributed by atoms with E-state index in [1.165, 1.54) is 0 Å². The van der Waals surface area contributed by atoms with Crippen molar-refractivity contribution in [2.45, 2.75) is 64.4 Å². The third kappa shape index (κ3) is 6.00. The third-order valence-electron chi connectivity index (χ3n) is 6.44. The summed E-state index contributed by atoms with van der Waals surface area (Å²) in [5.74, 6) is 0.675. The van der Waals surface area contributed by atoms with Gasteiger partial charge in [0.05, 0.1) is 24.7 Å². The second kappa shape index (κ2) is 11.1. The van der Waals surface area contributed by atoms with Crippen LogP contribution in [-0.4, -0.2) is 65.3 Å². The highest BCUT2D eigenvalue weighted by Crippen LogP contribution is 2.34. The van der Waals surface area contributed by atoms with Gasteiger partial charge < -0.3 is 19.9 Å². The summed E-state index contributed by atoms with van der Waals surface area (Å²) in [6, 6.07) is 6.54. The molecule has 4 aromatic rings. The van der Waals surface area contributed by atoms with Crippen molar-refractivity contribution in [3.8, 4) is 40.0 Å². The number of piperidine rings is 1. The fraction of sp³-hybridized carbons (Fsp3) is 0.423. The molecule has 5 heterocycles. The van der Waals surface area contributed by atoms with Crippen LogP contribution in [0.4, 0.5) is 4.39 Å². The highest BCUT2D eigenvalue weighted by atomic mass is 35.5. The maximum Gasteiger partial charge on any atom is 0.233 e. The fourth-order valence-corrected chi connectivity index (χ4v) is 4.97. The van der Waals surface area contributed by atoms with Crippen molar-refractivity contribution in [1.29, 1.82) is 0 Å². The number of aromatic hydroxyl groups is 1. The molecule has 0 bridgehead atoms. The van der Waals surface area contributed by atoms with Crippen LogP contribution in [0.25, 0.3) is 28.3 Å². The third-order valence-corrected chi connectivity index (χ3v) is 6.44. The lowest BCUT2D eigenvalue weighted by Gasteiger charge is -2.48. The molecular weight excluding hydrogens is 548 g/mol. The smallest absolute Gasteiger partial charge is 0.233 e. The molecule has 1 fully saturated rings. The Bertz CT molecular complexity index is 1460. The maximum atomic E-state index is 15.1. The van der Waals surface area contributed by atoms with E-state index in [1.54, 1.807) is 48.3 Å². The molecular formula is C26H32Cl2FN7O3. The van der Waals surface area contributed by atoms with Gasteiger partial charge in [0, 0.05) is 41.4 Å². The van der Waals surface area contributed by atoms with Crippen molar-refractivity contribution in [1.82, 2.24) is 35.1 Å². The van der Waals surface area contributed by atoms with Gasteiger partial charge in [-0.3, -0.25) is 0 Å². The average Bonchev–Trinajstić information content (AvgIpc) is 3.21. The zero-order chi connectivity index (χ0) is 26.5. The van der Waals surface area contributed by atoms with Crippen LogP contribution in [0, 0.1) is 6.92 Å². The molecule has 10 nitrogen and oxygen atoms in total. The Hall–Kier alpha value is -3.28. The average molecular weight is 580 g/mol. The molecule has 1 aliphatic heterocycles. The molecule has 2 atom stereocenters. The predicted molar refractivity (Wildman–Crippen MR) is 150 cm³/mol. The highest BCUT2D eigenvalue weighted by Gasteiger charge is 2.47. The van der Waals surface area contributed by atoms with E-state index in [0.29, 0.717) is 34.8 Å². The van der Waals surface area contributed by atoms with Gasteiger partial charge in [-0.2, -0.15) is 5.10 Å². The number of imidazole rings is 1. The first kappa shape index (κ1) is 30.3. The number of pyridine rings is 1. The monoisotopic (exact) mass is 579 g/mol. The van der Waals surface area contributed by atoms with Crippen LogP contribution in [0.5, 0.6) is 17.4 Å². The van der Waals surface area contributed by atoms with Gasteiger partial charge in [-0.1, -0.05) is 0 Å². The van der Waals surface area contributed by atoms with Crippen LogP contribution in [-0.2, 0) is 0 Å². The quantitative estimate of drug-likeness (QED) is 0.345. The molecule has 0 spiro atoms. The van der Waals surface area contributed by atoms with E-state index in [4.69, 9.17) is 9.47 Å². The second-order valence-electron chi connectivity index (χ2n) is 10.6. The minimum absolute atomic E-state index is 0. The summed E-state index contributed by atoms with van der Waals surface area (Å²) in [6.45, 7) is 9.55. The van der Waals surface area contributed by atoms with Gasteiger partial charge in [0.1, 0.15) is 23.2 Å². The molecule has 1 aliphatic rings. The summed E-state index contributed by atoms with van der Waals surface area (Å²) in [5.41, 5.74) is 2.13. The molecule has 1 saturated heterocycles. The Labute approximate surface area is 238 Å². The minimum Gasteiger partial charge on any atom is -0.506 e. The summed E-state index contributed by atoms with van der Waals surface area (Å²) >= 11 is 0. The van der Waals surface area contributed by atoms with Gasteiger partial charge >= 0.3 is 0 Å². The SMILES string of the molecule is COc1cc(-c2cnc(-c3ccc(O[C@@H]4CC(C)(C)NC(C)(C)[C@@H]4F)nn3)c(O)c2)nn2cc(C)nc12.Cl.Cl. The second-order valence-corrected chi connectivity index (χ2v) is 10.6. The topological polar surface area (TPSA) is 120 Å². The molecule has 5 rings (SSSR count). The van der Waals surface area contributed by atoms with Gasteiger partial charge in [0.25, 0.3) is 0 Å². The number of hydrogen-bond donors (Lipinski definition) is 2. The minimum atomic E-state index is -1.22. The lowest BCUT2D eigenvalue weighted by atomic mass is 9.79. The van der Waals surface area contributed by atoms with Crippen LogP contribution in [0.3, 0.4) is 0 Å². The van der Waals surface area contributed by atoms with Crippen molar-refractivity contribution in [3.63, 3.8) is 0 Å². The number of rotatable bonds is 5. The molecule has 0 aromatic carbocycles. The number of ether oxygens (including phenoxy) is 2. The van der Waals surface area contributed by atoms with Crippen LogP contribution < -0.4 is 14.8 Å². The van der Waals surface area contributed by atoms with E-state index in [2.05, 4.69) is 30.6 Å². The molecule has 13 heteroatoms. The number of alkyl halides is 1. The van der Waals surface area contributed by atoms with Crippen LogP contribution in [0.15, 0.2) is 36.7 Å². The molecule has 0 radical (unpaired) electrons. The summed E-state index contributed by atoms with van der Waals surface area (Å²) in [6.07, 6.45) is 1.97. The highest BCUT2D eigenvalue weighted by molar-refractivity contribution is 5.85. The standard InChI is InChI=1S/C26H30FN7O3.2ClH/c1-14-13-34-24(29-14)19(36-6)10-17(32-34)15-9-18(35)22(28-12-15)16-7-8-21(31-30-16)37-20-11-25(2,3)33-26(4,5)23(20)27;;/h7-10,12-13,20,23,33,35H,11H2,1-6H3;2*1H/t20-,23-;;/m1../s1. The Morgan fingerprint density at radius 2 is 1.85 bits per heavy atom. The number of aryl methyl sites for hydroxylation is 1. The lowest BCUT2D eigenvalue weighted by Crippen LogP contribution is -2.66. The van der Waals surface area contributed by atoms with E-state index in [-0.39, 0.29) is 47.7 Å². The van der Waals surface area contributed by atoms with E-state index in [9.17, 15) is 5.11 Å². The van der Waals surface area contributed by atoms with Gasteiger partial charge in [-0.15, -0.1) is 35.0 Å². The van der Waals surface area contributed by atoms with E-state index < -0.39 is 17.8 Å². The summed E-state index contributed by atoms with van der Waals surface area (Å²) in [7, 11) is 1.56. The molecule has 0 amide bonds. The van der Waals surface area contributed by atoms with Crippen molar-refractivity contribution in [2.75, 3.05) is 7.11 Å². The lowest BCUT2D eigenvalue weighted by molar-refractivity contribution is -0.0281. The van der Waals surface area contributed by atoms with Gasteiger partial charge in [-0.25, -0.2) is 18.9 Å². The Kier molecular flexibility index (Phi) is 8.59. The summed E-state index contributed by atoms with van der Waals surface area (Å²) in [5, 5.41) is 26.9. The molecule has 4 aromatic heterocycles. The summed E-state index contributed by atoms with van der Waals surface area (Å²) in [4.78, 5) is 8.81. The molecule has 39 heavy (non-hydrogen) atoms. The number of nitrogens with zero attached hydrogens (tertiary/aromatic N) is 6. The van der Waals surface area contributed by atoms with E-state index in [0.717, 1.165) is 5.69 Å². The van der Waals surface area contributed by atoms with Crippen molar-refractivity contribution < 1.29 is 19.0 Å². The normalized spacial score (nSPS) is 19.6. The van der Waals surface area contributed by atoms with E-state index >= 15 is 4.39 Å². The molecule has 0 aliphatic carbocycles. The first-order valence-corrected chi connectivity index (χ1v) is 12.0. The largest absolute Gasteiger partial charge is 0.506 e. The number of hydrogen-bond acceptors (Lipinski definition) is 9.